The van der Waals surface area contributed by atoms with Gasteiger partial charge in [-0.05, 0) is 24.5 Å². The number of nitrogens with one attached hydrogen (secondary N) is 1. The lowest BCUT2D eigenvalue weighted by Gasteiger charge is -2.16. The molecule has 4 nitrogen and oxygen atoms in total. The number of rotatable bonds is 4. The molecule has 1 amide bonds. The van der Waals surface area contributed by atoms with Crippen molar-refractivity contribution in [3.8, 4) is 0 Å². The quantitative estimate of drug-likeness (QED) is 0.887. The first-order valence-corrected chi connectivity index (χ1v) is 6.70. The summed E-state index contributed by atoms with van der Waals surface area (Å²) in [7, 11) is 0. The number of ether oxygens (including phenoxy) is 1. The first kappa shape index (κ1) is 18.7. The van der Waals surface area contributed by atoms with Gasteiger partial charge in [0.25, 0.3) is 5.91 Å². The van der Waals surface area contributed by atoms with Gasteiger partial charge in [0.1, 0.15) is 6.10 Å². The Bertz CT molecular complexity index is 511. The Hall–Kier alpha value is -1.31. The van der Waals surface area contributed by atoms with Gasteiger partial charge in [-0.3, -0.25) is 4.79 Å². The highest BCUT2D eigenvalue weighted by molar-refractivity contribution is 5.95. The average molecular weight is 339 g/mol. The van der Waals surface area contributed by atoms with Gasteiger partial charge in [-0.2, -0.15) is 13.2 Å². The monoisotopic (exact) mass is 338 g/mol. The first-order valence-electron chi connectivity index (χ1n) is 6.70. The van der Waals surface area contributed by atoms with Crippen LogP contribution in [0.3, 0.4) is 0 Å². The fourth-order valence-corrected chi connectivity index (χ4v) is 2.30. The molecule has 1 aromatic rings. The first-order chi connectivity index (χ1) is 9.89. The van der Waals surface area contributed by atoms with Crippen LogP contribution in [-0.2, 0) is 16.0 Å². The number of halogens is 4. The summed E-state index contributed by atoms with van der Waals surface area (Å²) in [6, 6.07) is 5.89. The number of benzene rings is 1. The van der Waals surface area contributed by atoms with Crippen molar-refractivity contribution >= 4 is 24.0 Å². The Labute approximate surface area is 132 Å². The molecule has 8 heteroatoms. The van der Waals surface area contributed by atoms with Crippen LogP contribution in [0.1, 0.15) is 18.4 Å². The number of hydrogen-bond acceptors (Lipinski definition) is 3. The molecule has 0 unspecified atom stereocenters. The molecule has 1 aliphatic heterocycles. The van der Waals surface area contributed by atoms with Crippen LogP contribution in [0.4, 0.5) is 18.9 Å². The second-order valence-corrected chi connectivity index (χ2v) is 5.00. The van der Waals surface area contributed by atoms with E-state index in [0.29, 0.717) is 19.4 Å². The van der Waals surface area contributed by atoms with Crippen LogP contribution in [0.2, 0.25) is 0 Å². The van der Waals surface area contributed by atoms with E-state index >= 15 is 0 Å². The normalized spacial score (nSPS) is 21.3. The zero-order valence-electron chi connectivity index (χ0n) is 11.7. The highest BCUT2D eigenvalue weighted by Gasteiger charge is 2.32. The Kier molecular flexibility index (Phi) is 6.65. The van der Waals surface area contributed by atoms with E-state index in [1.165, 1.54) is 18.2 Å². The van der Waals surface area contributed by atoms with E-state index in [0.717, 1.165) is 0 Å². The van der Waals surface area contributed by atoms with Gasteiger partial charge in [0, 0.05) is 12.2 Å². The van der Waals surface area contributed by atoms with E-state index in [1.807, 2.05) is 0 Å². The van der Waals surface area contributed by atoms with Crippen molar-refractivity contribution in [3.63, 3.8) is 0 Å². The molecule has 1 heterocycles. The number of alkyl halides is 3. The number of amides is 1. The molecule has 1 aromatic carbocycles. The summed E-state index contributed by atoms with van der Waals surface area (Å²) in [6.07, 6.45) is -5.02. The number of carbonyl (C=O) groups is 1. The van der Waals surface area contributed by atoms with Crippen LogP contribution in [-0.4, -0.2) is 30.8 Å². The standard InChI is InChI=1S/C14H17F3N2O2.ClH/c15-14(16,17)7-9-3-1-2-4-11(9)19-13(20)12-6-5-10(8-18)21-12;/h1-4,10,12H,5-8,18H2,(H,19,20);1H/t10-,12+;/m1./s1. The molecule has 3 N–H and O–H groups in total. The third-order valence-electron chi connectivity index (χ3n) is 3.33. The zero-order chi connectivity index (χ0) is 15.5. The summed E-state index contributed by atoms with van der Waals surface area (Å²) < 4.78 is 42.9. The molecule has 1 saturated heterocycles. The van der Waals surface area contributed by atoms with Gasteiger partial charge in [-0.25, -0.2) is 0 Å². The molecule has 0 radical (unpaired) electrons. The minimum Gasteiger partial charge on any atom is -0.364 e. The lowest BCUT2D eigenvalue weighted by Crippen LogP contribution is -2.30. The highest BCUT2D eigenvalue weighted by atomic mass is 35.5. The van der Waals surface area contributed by atoms with E-state index in [2.05, 4.69) is 5.32 Å². The topological polar surface area (TPSA) is 64.4 Å². The molecule has 0 saturated carbocycles. The van der Waals surface area contributed by atoms with Crippen molar-refractivity contribution < 1.29 is 22.7 Å². The van der Waals surface area contributed by atoms with Crippen molar-refractivity contribution in [2.45, 2.75) is 37.6 Å². The minimum atomic E-state index is -4.32. The maximum absolute atomic E-state index is 12.5. The Balaban J connectivity index is 0.00000242. The maximum atomic E-state index is 12.5. The molecule has 1 fully saturated rings. The third-order valence-corrected chi connectivity index (χ3v) is 3.33. The van der Waals surface area contributed by atoms with Gasteiger partial charge < -0.3 is 15.8 Å². The van der Waals surface area contributed by atoms with Gasteiger partial charge in [0.2, 0.25) is 0 Å². The van der Waals surface area contributed by atoms with Crippen LogP contribution >= 0.6 is 12.4 Å². The maximum Gasteiger partial charge on any atom is 0.393 e. The molecule has 0 bridgehead atoms. The fourth-order valence-electron chi connectivity index (χ4n) is 2.30. The lowest BCUT2D eigenvalue weighted by molar-refractivity contribution is -0.128. The second kappa shape index (κ2) is 7.80. The Morgan fingerprint density at radius 2 is 2.00 bits per heavy atom. The molecule has 0 aromatic heterocycles. The predicted octanol–water partition coefficient (Wildman–Crippen LogP) is 2.66. The van der Waals surface area contributed by atoms with Gasteiger partial charge in [-0.1, -0.05) is 18.2 Å². The van der Waals surface area contributed by atoms with Gasteiger partial charge >= 0.3 is 6.18 Å². The average Bonchev–Trinajstić information content (AvgIpc) is 2.88. The molecule has 22 heavy (non-hydrogen) atoms. The van der Waals surface area contributed by atoms with E-state index < -0.39 is 24.6 Å². The lowest BCUT2D eigenvalue weighted by atomic mass is 10.1. The van der Waals surface area contributed by atoms with Crippen LogP contribution in [0.15, 0.2) is 24.3 Å². The predicted molar refractivity (Wildman–Crippen MR) is 79.0 cm³/mol. The van der Waals surface area contributed by atoms with E-state index in [9.17, 15) is 18.0 Å². The number of nitrogens with two attached hydrogens (primary N) is 1. The Morgan fingerprint density at radius 1 is 1.32 bits per heavy atom. The number of para-hydroxylation sites is 1. The van der Waals surface area contributed by atoms with Crippen molar-refractivity contribution in [2.24, 2.45) is 5.73 Å². The van der Waals surface area contributed by atoms with Gasteiger partial charge in [-0.15, -0.1) is 12.4 Å². The van der Waals surface area contributed by atoms with E-state index in [1.54, 1.807) is 6.07 Å². The summed E-state index contributed by atoms with van der Waals surface area (Å²) in [5, 5.41) is 2.51. The molecule has 1 aliphatic rings. The van der Waals surface area contributed by atoms with Gasteiger partial charge in [0.15, 0.2) is 0 Å². The fraction of sp³-hybridized carbons (Fsp3) is 0.500. The van der Waals surface area contributed by atoms with Crippen LogP contribution in [0.5, 0.6) is 0 Å². The van der Waals surface area contributed by atoms with Gasteiger partial charge in [0.05, 0.1) is 12.5 Å². The summed E-state index contributed by atoms with van der Waals surface area (Å²) in [5.74, 6) is -0.430. The summed E-state index contributed by atoms with van der Waals surface area (Å²) in [5.41, 5.74) is 5.66. The summed E-state index contributed by atoms with van der Waals surface area (Å²) in [4.78, 5) is 12.0. The van der Waals surface area contributed by atoms with Crippen molar-refractivity contribution in [1.29, 1.82) is 0 Å². The largest absolute Gasteiger partial charge is 0.393 e. The van der Waals surface area contributed by atoms with Crippen LogP contribution in [0.25, 0.3) is 0 Å². The molecule has 0 aliphatic carbocycles. The minimum absolute atomic E-state index is 0. The third kappa shape index (κ3) is 5.15. The molecular weight excluding hydrogens is 321 g/mol. The van der Waals surface area contributed by atoms with E-state index in [-0.39, 0.29) is 29.8 Å². The SMILES string of the molecule is Cl.NC[C@H]1CC[C@@H](C(=O)Nc2ccccc2CC(F)(F)F)O1. The molecule has 124 valence electrons. The Morgan fingerprint density at radius 3 is 2.59 bits per heavy atom. The molecule has 2 rings (SSSR count). The van der Waals surface area contributed by atoms with Crippen molar-refractivity contribution in [3.05, 3.63) is 29.8 Å². The second-order valence-electron chi connectivity index (χ2n) is 5.00. The highest BCUT2D eigenvalue weighted by Crippen LogP contribution is 2.27. The number of hydrogen-bond donors (Lipinski definition) is 2. The van der Waals surface area contributed by atoms with Crippen molar-refractivity contribution in [2.75, 3.05) is 11.9 Å². The number of carbonyl (C=O) groups excluding carboxylic acids is 1. The summed E-state index contributed by atoms with van der Waals surface area (Å²) >= 11 is 0. The van der Waals surface area contributed by atoms with Crippen LogP contribution in [0, 0.1) is 0 Å². The van der Waals surface area contributed by atoms with Crippen molar-refractivity contribution in [1.82, 2.24) is 0 Å². The zero-order valence-corrected chi connectivity index (χ0v) is 12.5. The number of anilines is 1. The smallest absolute Gasteiger partial charge is 0.364 e. The van der Waals surface area contributed by atoms with Crippen LogP contribution < -0.4 is 11.1 Å². The molecular formula is C14H18ClF3N2O2. The molecule has 0 spiro atoms. The van der Waals surface area contributed by atoms with E-state index in [4.69, 9.17) is 10.5 Å². The summed E-state index contributed by atoms with van der Waals surface area (Å²) in [6.45, 7) is 0.328. The molecule has 2 atom stereocenters.